The van der Waals surface area contributed by atoms with Crippen molar-refractivity contribution >= 4 is 11.8 Å². The number of aliphatic hydroxyl groups excluding tert-OH is 1. The number of esters is 1. The van der Waals surface area contributed by atoms with E-state index in [1.54, 1.807) is 27.9 Å². The molecule has 0 aliphatic carbocycles. The van der Waals surface area contributed by atoms with Crippen LogP contribution in [0, 0.1) is 23.2 Å². The number of hydrogen-bond donors (Lipinski definition) is 1. The maximum atomic E-state index is 14.2. The molecule has 3 fully saturated rings. The summed E-state index contributed by atoms with van der Waals surface area (Å²) in [6, 6.07) is 5.78. The van der Waals surface area contributed by atoms with E-state index in [9.17, 15) is 14.7 Å². The molecule has 1 aromatic heterocycles. The lowest BCUT2D eigenvalue weighted by Gasteiger charge is -2.47. The zero-order valence-electron chi connectivity index (χ0n) is 29.6. The Morgan fingerprint density at radius 3 is 2.41 bits per heavy atom. The fourth-order valence-corrected chi connectivity index (χ4v) is 7.76. The van der Waals surface area contributed by atoms with Crippen LogP contribution in [0.3, 0.4) is 0 Å². The molecule has 0 saturated carbocycles. The van der Waals surface area contributed by atoms with Gasteiger partial charge in [0.2, 0.25) is 0 Å². The highest BCUT2D eigenvalue weighted by Gasteiger charge is 2.52. The summed E-state index contributed by atoms with van der Waals surface area (Å²) >= 11 is 0. The first-order valence-corrected chi connectivity index (χ1v) is 16.8. The molecule has 3 aliphatic rings. The predicted octanol–water partition coefficient (Wildman–Crippen LogP) is 2.84. The molecule has 260 valence electrons. The van der Waals surface area contributed by atoms with Crippen LogP contribution in [0.2, 0.25) is 0 Å². The molecule has 1 unspecified atom stereocenters. The topological polar surface area (TPSA) is 114 Å². The smallest absolute Gasteiger partial charge is 0.319 e. The summed E-state index contributed by atoms with van der Waals surface area (Å²) in [6.07, 6.45) is 0.200. The molecular weight excluding hydrogens is 588 g/mol. The number of ether oxygens (including phenoxy) is 4. The second-order valence-electron chi connectivity index (χ2n) is 15.1. The van der Waals surface area contributed by atoms with Crippen molar-refractivity contribution in [2.75, 3.05) is 54.5 Å². The lowest BCUT2D eigenvalue weighted by atomic mass is 9.74. The molecule has 3 aliphatic heterocycles. The first-order chi connectivity index (χ1) is 21.6. The van der Waals surface area contributed by atoms with Crippen LogP contribution in [0.4, 0.5) is 0 Å². The Balaban J connectivity index is 1.59. The highest BCUT2D eigenvalue weighted by atomic mass is 16.7. The maximum Gasteiger partial charge on any atom is 0.319 e. The Kier molecular flexibility index (Phi) is 12.1. The molecule has 0 spiro atoms. The zero-order chi connectivity index (χ0) is 34.0. The highest BCUT2D eigenvalue weighted by Crippen LogP contribution is 2.38. The van der Waals surface area contributed by atoms with Crippen molar-refractivity contribution < 1.29 is 33.6 Å². The van der Waals surface area contributed by atoms with Gasteiger partial charge in [-0.05, 0) is 79.7 Å². The Morgan fingerprint density at radius 1 is 1.11 bits per heavy atom. The summed E-state index contributed by atoms with van der Waals surface area (Å²) in [5, 5.41) is 11.3. The van der Waals surface area contributed by atoms with Gasteiger partial charge in [-0.25, -0.2) is 0 Å². The summed E-state index contributed by atoms with van der Waals surface area (Å²) in [4.78, 5) is 39.0. The number of likely N-dealkylation sites (tertiary alicyclic amines) is 1. The van der Waals surface area contributed by atoms with Gasteiger partial charge in [-0.3, -0.25) is 24.4 Å². The summed E-state index contributed by atoms with van der Waals surface area (Å²) in [6.45, 7) is 14.6. The number of carbonyl (C=O) groups excluding carboxylic acids is 2. The van der Waals surface area contributed by atoms with E-state index in [-0.39, 0.29) is 36.5 Å². The Labute approximate surface area is 275 Å². The van der Waals surface area contributed by atoms with Crippen molar-refractivity contribution in [3.05, 3.63) is 30.1 Å². The van der Waals surface area contributed by atoms with Gasteiger partial charge in [0.05, 0.1) is 23.5 Å². The van der Waals surface area contributed by atoms with Crippen molar-refractivity contribution in [2.45, 2.75) is 103 Å². The van der Waals surface area contributed by atoms with Gasteiger partial charge in [0.25, 0.3) is 0 Å². The number of rotatable bonds is 7. The predicted molar refractivity (Wildman–Crippen MR) is 175 cm³/mol. The number of pyridine rings is 1. The third-order valence-electron chi connectivity index (χ3n) is 10.6. The fourth-order valence-electron chi connectivity index (χ4n) is 7.76. The van der Waals surface area contributed by atoms with Gasteiger partial charge in [0.15, 0.2) is 12.1 Å². The van der Waals surface area contributed by atoms with E-state index in [4.69, 9.17) is 18.9 Å². The highest BCUT2D eigenvalue weighted by molar-refractivity contribution is 6.04. The van der Waals surface area contributed by atoms with Crippen LogP contribution in [0.15, 0.2) is 24.4 Å². The molecule has 11 heteroatoms. The van der Waals surface area contributed by atoms with Crippen LogP contribution in [0.5, 0.6) is 0 Å². The third kappa shape index (κ3) is 8.17. The number of hydrogen-bond acceptors (Lipinski definition) is 11. The molecule has 0 amide bonds. The molecule has 46 heavy (non-hydrogen) atoms. The normalized spacial score (nSPS) is 37.6. The fraction of sp³-hybridized carbons (Fsp3) is 0.800. The molecule has 4 heterocycles. The largest absolute Gasteiger partial charge is 0.463 e. The van der Waals surface area contributed by atoms with Gasteiger partial charge >= 0.3 is 5.97 Å². The number of likely N-dealkylation sites (N-methyl/N-ethyl adjacent to an activating group) is 2. The van der Waals surface area contributed by atoms with E-state index in [1.807, 2.05) is 57.2 Å². The molecule has 3 saturated heterocycles. The minimum Gasteiger partial charge on any atom is -0.463 e. The van der Waals surface area contributed by atoms with Crippen molar-refractivity contribution in [2.24, 2.45) is 23.2 Å². The van der Waals surface area contributed by atoms with Gasteiger partial charge in [0, 0.05) is 63.4 Å². The second kappa shape index (κ2) is 15.1. The summed E-state index contributed by atoms with van der Waals surface area (Å²) < 4.78 is 25.0. The van der Waals surface area contributed by atoms with Crippen molar-refractivity contribution in [1.82, 2.24) is 19.7 Å². The van der Waals surface area contributed by atoms with E-state index >= 15 is 0 Å². The first-order valence-electron chi connectivity index (χ1n) is 16.8. The van der Waals surface area contributed by atoms with Crippen LogP contribution >= 0.6 is 0 Å². The van der Waals surface area contributed by atoms with Crippen LogP contribution in [-0.2, 0) is 35.1 Å². The Bertz CT molecular complexity index is 1160. The number of cyclic esters (lactones) is 1. The monoisotopic (exact) mass is 646 g/mol. The van der Waals surface area contributed by atoms with Gasteiger partial charge in [-0.1, -0.05) is 19.9 Å². The van der Waals surface area contributed by atoms with Gasteiger partial charge < -0.3 is 29.0 Å². The number of nitrogens with zero attached hydrogens (tertiary/aromatic N) is 4. The van der Waals surface area contributed by atoms with Gasteiger partial charge in [0.1, 0.15) is 18.1 Å². The molecule has 1 N–H and O–H groups in total. The van der Waals surface area contributed by atoms with E-state index < -0.39 is 41.4 Å². The van der Waals surface area contributed by atoms with E-state index in [0.29, 0.717) is 18.8 Å². The Hall–Kier alpha value is -1.99. The molecule has 0 aromatic carbocycles. The van der Waals surface area contributed by atoms with E-state index in [0.717, 1.165) is 31.9 Å². The first kappa shape index (κ1) is 36.8. The third-order valence-corrected chi connectivity index (χ3v) is 10.6. The molecule has 11 nitrogen and oxygen atoms in total. The molecule has 1 aromatic rings. The zero-order valence-corrected chi connectivity index (χ0v) is 29.6. The summed E-state index contributed by atoms with van der Waals surface area (Å²) in [5.41, 5.74) is -1.31. The lowest BCUT2D eigenvalue weighted by molar-refractivity contribution is -0.295. The van der Waals surface area contributed by atoms with Crippen LogP contribution in [0.25, 0.3) is 0 Å². The van der Waals surface area contributed by atoms with Crippen molar-refractivity contribution in [3.8, 4) is 0 Å². The number of aromatic nitrogens is 1. The minimum atomic E-state index is -1.42. The van der Waals surface area contributed by atoms with Crippen LogP contribution in [0.1, 0.15) is 60.1 Å². The number of Topliss-reactive ketones (excluding diaryl/α,β-unsaturated/α-hetero) is 1. The number of carbonyl (C=O) groups is 2. The van der Waals surface area contributed by atoms with Crippen molar-refractivity contribution in [3.63, 3.8) is 0 Å². The number of methoxy groups -OCH3 is 1. The molecule has 0 radical (unpaired) electrons. The second-order valence-corrected chi connectivity index (χ2v) is 15.1. The van der Waals surface area contributed by atoms with Crippen molar-refractivity contribution in [1.29, 1.82) is 0 Å². The van der Waals surface area contributed by atoms with E-state index in [2.05, 4.69) is 28.8 Å². The maximum absolute atomic E-state index is 14.2. The standard InChI is InChI=1S/C35H58N4O7/c1-22-16-35(6,43-10)31(46-32-29(40)27(37(7)8)15-23(2)45-32)24(3)30(41)34(4,5)33(42)44-21-28(38(9)17-22)25-18-39(19-25)20-26-13-11-12-14-36-26/h11-14,22-25,27-29,31-32,40H,15-21H2,1-10H3/t22-,23-,24+,27+,28?,29-,31-,32+,35-/m1/s1. The molecule has 9 atom stereocenters. The summed E-state index contributed by atoms with van der Waals surface area (Å²) in [7, 11) is 7.57. The minimum absolute atomic E-state index is 0.00782. The SMILES string of the molecule is CO[C@]1(C)C[C@@H](C)CN(C)C(C2CN(Cc3ccccn3)C2)COC(=O)C(C)(C)C(=O)[C@H](C)[C@H]1O[C@@H]1O[C@H](C)C[C@H](N(C)C)[C@H]1O. The van der Waals surface area contributed by atoms with Crippen LogP contribution < -0.4 is 0 Å². The average Bonchev–Trinajstić information content (AvgIpc) is 2.98. The Morgan fingerprint density at radius 2 is 1.80 bits per heavy atom. The summed E-state index contributed by atoms with van der Waals surface area (Å²) in [5.74, 6) is -1.15. The quantitative estimate of drug-likeness (QED) is 0.349. The number of aliphatic hydroxyl groups is 1. The number of ketones is 1. The average molecular weight is 647 g/mol. The lowest BCUT2D eigenvalue weighted by Crippen LogP contribution is -2.59. The molecule has 0 bridgehead atoms. The van der Waals surface area contributed by atoms with Gasteiger partial charge in [-0.2, -0.15) is 0 Å². The van der Waals surface area contributed by atoms with E-state index in [1.165, 1.54) is 0 Å². The van der Waals surface area contributed by atoms with Crippen LogP contribution in [-0.4, -0.2) is 133 Å². The molecular formula is C35H58N4O7. The van der Waals surface area contributed by atoms with Gasteiger partial charge in [-0.15, -0.1) is 0 Å². The molecule has 4 rings (SSSR count).